The number of hydrogen-bond donors (Lipinski definition) is 4. The third-order valence-electron chi connectivity index (χ3n) is 2.64. The van der Waals surface area contributed by atoms with Crippen LogP contribution in [0, 0.1) is 5.92 Å². The van der Waals surface area contributed by atoms with E-state index in [4.69, 9.17) is 14.9 Å². The van der Waals surface area contributed by atoms with Gasteiger partial charge < -0.3 is 20.2 Å². The molecule has 1 saturated heterocycles. The summed E-state index contributed by atoms with van der Waals surface area (Å²) in [7, 11) is -3.91. The maximum atomic E-state index is 10.6. The SMILES string of the molecule is O=C(O)[C@@H]1CC[C@H](CCP(=O)(O)O)CN1. The summed E-state index contributed by atoms with van der Waals surface area (Å²) in [6, 6.07) is -0.503. The molecule has 4 N–H and O–H groups in total. The number of piperidine rings is 1. The lowest BCUT2D eigenvalue weighted by atomic mass is 9.93. The van der Waals surface area contributed by atoms with Crippen molar-refractivity contribution in [3.05, 3.63) is 0 Å². The van der Waals surface area contributed by atoms with Crippen LogP contribution in [0.15, 0.2) is 0 Å². The van der Waals surface area contributed by atoms with Crippen molar-refractivity contribution in [2.45, 2.75) is 25.3 Å². The molecule has 7 heteroatoms. The third kappa shape index (κ3) is 4.75. The summed E-state index contributed by atoms with van der Waals surface area (Å²) in [5, 5.41) is 11.5. The molecule has 1 aliphatic rings. The Morgan fingerprint density at radius 2 is 2.07 bits per heavy atom. The van der Waals surface area contributed by atoms with Crippen molar-refractivity contribution in [2.75, 3.05) is 12.7 Å². The van der Waals surface area contributed by atoms with Gasteiger partial charge in [-0.05, 0) is 31.7 Å². The first kappa shape index (κ1) is 12.6. The van der Waals surface area contributed by atoms with Crippen molar-refractivity contribution in [3.8, 4) is 0 Å². The molecule has 88 valence electrons. The molecule has 0 aromatic rings. The highest BCUT2D eigenvalue weighted by molar-refractivity contribution is 7.51. The predicted molar refractivity (Wildman–Crippen MR) is 53.7 cm³/mol. The fraction of sp³-hybridized carbons (Fsp3) is 0.875. The van der Waals surface area contributed by atoms with Crippen LogP contribution in [0.1, 0.15) is 19.3 Å². The molecular formula is C8H16NO5P. The summed E-state index contributed by atoms with van der Waals surface area (Å²) < 4.78 is 10.6. The van der Waals surface area contributed by atoms with Gasteiger partial charge in [-0.1, -0.05) is 0 Å². The van der Waals surface area contributed by atoms with E-state index < -0.39 is 19.6 Å². The Hall–Kier alpha value is -0.420. The van der Waals surface area contributed by atoms with Crippen molar-refractivity contribution in [3.63, 3.8) is 0 Å². The van der Waals surface area contributed by atoms with Gasteiger partial charge in [0.15, 0.2) is 0 Å². The Balaban J connectivity index is 2.26. The average Bonchev–Trinajstić information content (AvgIpc) is 2.14. The van der Waals surface area contributed by atoms with Gasteiger partial charge in [0.05, 0.1) is 6.16 Å². The predicted octanol–water partition coefficient (Wildman–Crippen LogP) is 0.00700. The molecule has 1 fully saturated rings. The molecule has 1 heterocycles. The second-order valence-electron chi connectivity index (χ2n) is 3.92. The van der Waals surface area contributed by atoms with Gasteiger partial charge in [0, 0.05) is 0 Å². The third-order valence-corrected chi connectivity index (χ3v) is 3.48. The second kappa shape index (κ2) is 5.07. The van der Waals surface area contributed by atoms with Gasteiger partial charge in [-0.2, -0.15) is 0 Å². The molecule has 0 aromatic carbocycles. The van der Waals surface area contributed by atoms with Gasteiger partial charge in [-0.25, -0.2) is 0 Å². The lowest BCUT2D eigenvalue weighted by Crippen LogP contribution is -2.44. The number of carbonyl (C=O) groups is 1. The molecule has 0 bridgehead atoms. The Bertz CT molecular complexity index is 268. The lowest BCUT2D eigenvalue weighted by Gasteiger charge is -2.27. The van der Waals surface area contributed by atoms with Gasteiger partial charge in [-0.3, -0.25) is 9.36 Å². The molecule has 0 unspecified atom stereocenters. The van der Waals surface area contributed by atoms with Crippen molar-refractivity contribution in [1.29, 1.82) is 0 Å². The smallest absolute Gasteiger partial charge is 0.325 e. The average molecular weight is 237 g/mol. The highest BCUT2D eigenvalue weighted by Gasteiger charge is 2.26. The van der Waals surface area contributed by atoms with Gasteiger partial charge in [0.2, 0.25) is 0 Å². The molecule has 0 radical (unpaired) electrons. The normalized spacial score (nSPS) is 27.6. The van der Waals surface area contributed by atoms with Crippen LogP contribution in [0.2, 0.25) is 0 Å². The first-order chi connectivity index (χ1) is 6.88. The molecule has 1 aliphatic heterocycles. The van der Waals surface area contributed by atoms with E-state index in [1.807, 2.05) is 0 Å². The minimum atomic E-state index is -3.91. The fourth-order valence-corrected chi connectivity index (χ4v) is 2.42. The summed E-state index contributed by atoms with van der Waals surface area (Å²) in [5.41, 5.74) is 0. The van der Waals surface area contributed by atoms with Gasteiger partial charge >= 0.3 is 13.6 Å². The summed E-state index contributed by atoms with van der Waals surface area (Å²) in [4.78, 5) is 28.0. The number of carboxylic acids is 1. The van der Waals surface area contributed by atoms with Gasteiger partial charge in [-0.15, -0.1) is 0 Å². The van der Waals surface area contributed by atoms with Crippen LogP contribution in [0.3, 0.4) is 0 Å². The fourth-order valence-electron chi connectivity index (χ4n) is 1.72. The monoisotopic (exact) mass is 237 g/mol. The minimum absolute atomic E-state index is 0.114. The van der Waals surface area contributed by atoms with Crippen LogP contribution in [0.5, 0.6) is 0 Å². The number of rotatable bonds is 4. The van der Waals surface area contributed by atoms with Crippen LogP contribution < -0.4 is 5.32 Å². The van der Waals surface area contributed by atoms with Crippen LogP contribution in [-0.4, -0.2) is 39.6 Å². The number of carboxylic acid groups (broad SMARTS) is 1. The van der Waals surface area contributed by atoms with Crippen LogP contribution in [0.4, 0.5) is 0 Å². The molecule has 0 amide bonds. The molecule has 2 atom stereocenters. The highest BCUT2D eigenvalue weighted by atomic mass is 31.2. The zero-order valence-corrected chi connectivity index (χ0v) is 9.19. The Morgan fingerprint density at radius 3 is 2.47 bits per heavy atom. The van der Waals surface area contributed by atoms with Crippen molar-refractivity contribution in [1.82, 2.24) is 5.32 Å². The molecule has 15 heavy (non-hydrogen) atoms. The van der Waals surface area contributed by atoms with E-state index in [9.17, 15) is 9.36 Å². The number of nitrogens with one attached hydrogen (secondary N) is 1. The summed E-state index contributed by atoms with van der Waals surface area (Å²) in [6.45, 7) is 0.525. The molecule has 0 aliphatic carbocycles. The van der Waals surface area contributed by atoms with Crippen LogP contribution >= 0.6 is 7.60 Å². The van der Waals surface area contributed by atoms with E-state index in [-0.39, 0.29) is 12.1 Å². The lowest BCUT2D eigenvalue weighted by molar-refractivity contribution is -0.140. The molecule has 6 nitrogen and oxygen atoms in total. The van der Waals surface area contributed by atoms with Gasteiger partial charge in [0.25, 0.3) is 0 Å². The quantitative estimate of drug-likeness (QED) is 0.513. The minimum Gasteiger partial charge on any atom is -0.480 e. The van der Waals surface area contributed by atoms with E-state index in [1.54, 1.807) is 0 Å². The largest absolute Gasteiger partial charge is 0.480 e. The second-order valence-corrected chi connectivity index (χ2v) is 5.70. The number of aliphatic carboxylic acids is 1. The van der Waals surface area contributed by atoms with Crippen molar-refractivity contribution >= 4 is 13.6 Å². The molecule has 0 saturated carbocycles. The topological polar surface area (TPSA) is 107 Å². The zero-order valence-electron chi connectivity index (χ0n) is 8.30. The van der Waals surface area contributed by atoms with Gasteiger partial charge in [0.1, 0.15) is 6.04 Å². The summed E-state index contributed by atoms with van der Waals surface area (Å²) in [5.74, 6) is -0.684. The van der Waals surface area contributed by atoms with Crippen LogP contribution in [0.25, 0.3) is 0 Å². The standard InChI is InChI=1S/C8H16NO5P/c10-8(11)7-2-1-6(5-9-7)3-4-15(12,13)14/h6-7,9H,1-5H2,(H,10,11)(H2,12,13,14)/t6-,7+/m1/s1. The van der Waals surface area contributed by atoms with E-state index in [0.29, 0.717) is 25.8 Å². The molecule has 1 rings (SSSR count). The molecular weight excluding hydrogens is 221 g/mol. The van der Waals surface area contributed by atoms with E-state index >= 15 is 0 Å². The first-order valence-corrected chi connectivity index (χ1v) is 6.69. The van der Waals surface area contributed by atoms with E-state index in [0.717, 1.165) is 0 Å². The Kier molecular flexibility index (Phi) is 4.28. The summed E-state index contributed by atoms with van der Waals surface area (Å²) >= 11 is 0. The first-order valence-electron chi connectivity index (χ1n) is 4.89. The zero-order chi connectivity index (χ0) is 11.5. The van der Waals surface area contributed by atoms with Crippen molar-refractivity contribution in [2.24, 2.45) is 5.92 Å². The molecule has 0 spiro atoms. The summed E-state index contributed by atoms with van der Waals surface area (Å²) in [6.07, 6.45) is 1.58. The van der Waals surface area contributed by atoms with Crippen LogP contribution in [-0.2, 0) is 9.36 Å². The maximum Gasteiger partial charge on any atom is 0.325 e. The maximum absolute atomic E-state index is 10.6. The van der Waals surface area contributed by atoms with E-state index in [1.165, 1.54) is 0 Å². The van der Waals surface area contributed by atoms with Crippen molar-refractivity contribution < 1.29 is 24.3 Å². The van der Waals surface area contributed by atoms with E-state index in [2.05, 4.69) is 5.32 Å². The Labute approximate surface area is 87.8 Å². The Morgan fingerprint density at radius 1 is 1.40 bits per heavy atom. The highest BCUT2D eigenvalue weighted by Crippen LogP contribution is 2.37. The molecule has 0 aromatic heterocycles. The number of hydrogen-bond acceptors (Lipinski definition) is 3.